The van der Waals surface area contributed by atoms with Crippen LogP contribution in [-0.4, -0.2) is 31.6 Å². The van der Waals surface area contributed by atoms with Crippen LogP contribution in [-0.2, 0) is 0 Å². The van der Waals surface area contributed by atoms with Crippen molar-refractivity contribution in [1.82, 2.24) is 10.2 Å². The predicted octanol–water partition coefficient (Wildman–Crippen LogP) is 3.83. The molecule has 2 rings (SSSR count). The molecule has 0 bridgehead atoms. The van der Waals surface area contributed by atoms with Crippen molar-refractivity contribution in [1.29, 1.82) is 0 Å². The first-order valence-corrected chi connectivity index (χ1v) is 8.51. The number of likely N-dealkylation sites (tertiary alicyclic amines) is 1. The minimum Gasteiger partial charge on any atom is -0.316 e. The molecule has 2 heterocycles. The van der Waals surface area contributed by atoms with Crippen molar-refractivity contribution in [2.24, 2.45) is 5.92 Å². The summed E-state index contributed by atoms with van der Waals surface area (Å²) in [5.74, 6) is 0.761. The first-order chi connectivity index (χ1) is 9.22. The van der Waals surface area contributed by atoms with E-state index in [-0.39, 0.29) is 0 Å². The van der Waals surface area contributed by atoms with E-state index in [0.29, 0.717) is 6.04 Å². The molecule has 1 aliphatic heterocycles. The number of nitrogens with zero attached hydrogens (tertiary/aromatic N) is 1. The Bertz CT molecular complexity index is 375. The molecular formula is C16H28N2S. The number of hydrogen-bond donors (Lipinski definition) is 1. The molecule has 0 aliphatic carbocycles. The standard InChI is InChI=1S/C16H28N2S/c1-4-10-17-12-14-7-5-6-11-18(3)16(14)15-9-8-13(2)19-15/h8-9,14,16-17H,4-7,10-12H2,1-3H3. The molecule has 1 aliphatic rings. The lowest BCUT2D eigenvalue weighted by Crippen LogP contribution is -2.34. The van der Waals surface area contributed by atoms with Crippen molar-refractivity contribution in [3.05, 3.63) is 21.9 Å². The number of nitrogens with one attached hydrogen (secondary N) is 1. The van der Waals surface area contributed by atoms with Crippen LogP contribution >= 0.6 is 11.3 Å². The number of thiophene rings is 1. The van der Waals surface area contributed by atoms with Crippen LogP contribution in [0.25, 0.3) is 0 Å². The molecule has 0 saturated carbocycles. The van der Waals surface area contributed by atoms with E-state index in [9.17, 15) is 0 Å². The highest BCUT2D eigenvalue weighted by atomic mass is 32.1. The maximum atomic E-state index is 3.64. The van der Waals surface area contributed by atoms with Gasteiger partial charge in [-0.25, -0.2) is 0 Å². The van der Waals surface area contributed by atoms with Gasteiger partial charge in [-0.1, -0.05) is 13.3 Å². The molecule has 108 valence electrons. The predicted molar refractivity (Wildman–Crippen MR) is 84.9 cm³/mol. The third kappa shape index (κ3) is 4.04. The lowest BCUT2D eigenvalue weighted by atomic mass is 9.93. The van der Waals surface area contributed by atoms with Crippen LogP contribution in [0.4, 0.5) is 0 Å². The van der Waals surface area contributed by atoms with Gasteiger partial charge in [0.05, 0.1) is 0 Å². The molecule has 3 heteroatoms. The van der Waals surface area contributed by atoms with Crippen LogP contribution in [0.1, 0.15) is 48.4 Å². The van der Waals surface area contributed by atoms with Crippen molar-refractivity contribution in [2.45, 2.75) is 45.6 Å². The van der Waals surface area contributed by atoms with Gasteiger partial charge in [-0.15, -0.1) is 11.3 Å². The minimum absolute atomic E-state index is 0.616. The van der Waals surface area contributed by atoms with E-state index in [1.165, 1.54) is 43.6 Å². The highest BCUT2D eigenvalue weighted by Crippen LogP contribution is 2.37. The molecule has 1 N–H and O–H groups in total. The van der Waals surface area contributed by atoms with Crippen molar-refractivity contribution in [3.8, 4) is 0 Å². The molecular weight excluding hydrogens is 252 g/mol. The topological polar surface area (TPSA) is 15.3 Å². The van der Waals surface area contributed by atoms with Crippen molar-refractivity contribution < 1.29 is 0 Å². The van der Waals surface area contributed by atoms with Gasteiger partial charge >= 0.3 is 0 Å². The van der Waals surface area contributed by atoms with Gasteiger partial charge in [0.1, 0.15) is 0 Å². The Morgan fingerprint density at radius 1 is 1.37 bits per heavy atom. The highest BCUT2D eigenvalue weighted by Gasteiger charge is 2.29. The van der Waals surface area contributed by atoms with Gasteiger partial charge in [0, 0.05) is 15.8 Å². The maximum Gasteiger partial charge on any atom is 0.0478 e. The zero-order valence-corrected chi connectivity index (χ0v) is 13.4. The summed E-state index contributed by atoms with van der Waals surface area (Å²) in [5, 5.41) is 3.64. The molecule has 1 aromatic rings. The van der Waals surface area contributed by atoms with Gasteiger partial charge < -0.3 is 5.32 Å². The van der Waals surface area contributed by atoms with Crippen LogP contribution in [0.15, 0.2) is 12.1 Å². The number of aryl methyl sites for hydroxylation is 1. The summed E-state index contributed by atoms with van der Waals surface area (Å²) >= 11 is 1.98. The van der Waals surface area contributed by atoms with E-state index in [1.54, 1.807) is 4.88 Å². The molecule has 0 radical (unpaired) electrons. The molecule has 1 fully saturated rings. The van der Waals surface area contributed by atoms with Crippen LogP contribution in [0.3, 0.4) is 0 Å². The summed E-state index contributed by atoms with van der Waals surface area (Å²) in [6.45, 7) is 8.02. The Morgan fingerprint density at radius 3 is 2.89 bits per heavy atom. The smallest absolute Gasteiger partial charge is 0.0478 e. The first kappa shape index (κ1) is 15.0. The molecule has 2 atom stereocenters. The lowest BCUT2D eigenvalue weighted by molar-refractivity contribution is 0.192. The van der Waals surface area contributed by atoms with Crippen LogP contribution < -0.4 is 5.32 Å². The van der Waals surface area contributed by atoms with Gasteiger partial charge in [-0.3, -0.25) is 4.90 Å². The second kappa shape index (κ2) is 7.41. The average molecular weight is 280 g/mol. The Morgan fingerprint density at radius 2 is 2.21 bits per heavy atom. The van der Waals surface area contributed by atoms with E-state index in [0.717, 1.165) is 12.5 Å². The zero-order chi connectivity index (χ0) is 13.7. The molecule has 1 aromatic heterocycles. The fraction of sp³-hybridized carbons (Fsp3) is 0.750. The van der Waals surface area contributed by atoms with Gasteiger partial charge in [0.2, 0.25) is 0 Å². The highest BCUT2D eigenvalue weighted by molar-refractivity contribution is 7.12. The quantitative estimate of drug-likeness (QED) is 0.825. The molecule has 2 nitrogen and oxygen atoms in total. The van der Waals surface area contributed by atoms with E-state index < -0.39 is 0 Å². The normalized spacial score (nSPS) is 25.4. The zero-order valence-electron chi connectivity index (χ0n) is 12.6. The van der Waals surface area contributed by atoms with Gasteiger partial charge in [0.15, 0.2) is 0 Å². The molecule has 1 saturated heterocycles. The summed E-state index contributed by atoms with van der Waals surface area (Å²) in [4.78, 5) is 5.58. The fourth-order valence-electron chi connectivity index (χ4n) is 3.16. The maximum absolute atomic E-state index is 3.64. The molecule has 0 spiro atoms. The third-order valence-corrected chi connectivity index (χ3v) is 5.21. The summed E-state index contributed by atoms with van der Waals surface area (Å²) in [6, 6.07) is 5.24. The Hall–Kier alpha value is -0.380. The van der Waals surface area contributed by atoms with Crippen molar-refractivity contribution in [3.63, 3.8) is 0 Å². The first-order valence-electron chi connectivity index (χ1n) is 7.69. The second-order valence-electron chi connectivity index (χ2n) is 5.83. The largest absolute Gasteiger partial charge is 0.316 e. The monoisotopic (exact) mass is 280 g/mol. The molecule has 2 unspecified atom stereocenters. The fourth-order valence-corrected chi connectivity index (χ4v) is 4.30. The SMILES string of the molecule is CCCNCC1CCCCN(C)C1c1ccc(C)s1. The van der Waals surface area contributed by atoms with E-state index in [2.05, 4.69) is 43.2 Å². The van der Waals surface area contributed by atoms with Crippen LogP contribution in [0.2, 0.25) is 0 Å². The number of rotatable bonds is 5. The number of hydrogen-bond acceptors (Lipinski definition) is 3. The van der Waals surface area contributed by atoms with E-state index >= 15 is 0 Å². The Balaban J connectivity index is 2.11. The van der Waals surface area contributed by atoms with Gasteiger partial charge in [-0.05, 0) is 70.9 Å². The summed E-state index contributed by atoms with van der Waals surface area (Å²) in [7, 11) is 2.30. The van der Waals surface area contributed by atoms with Crippen molar-refractivity contribution in [2.75, 3.05) is 26.7 Å². The average Bonchev–Trinajstić information content (AvgIpc) is 2.72. The van der Waals surface area contributed by atoms with Crippen LogP contribution in [0, 0.1) is 12.8 Å². The lowest BCUT2D eigenvalue weighted by Gasteiger charge is -2.32. The van der Waals surface area contributed by atoms with E-state index in [4.69, 9.17) is 0 Å². The molecule has 0 amide bonds. The molecule has 0 aromatic carbocycles. The van der Waals surface area contributed by atoms with E-state index in [1.807, 2.05) is 11.3 Å². The summed E-state index contributed by atoms with van der Waals surface area (Å²) < 4.78 is 0. The van der Waals surface area contributed by atoms with Gasteiger partial charge in [0.25, 0.3) is 0 Å². The third-order valence-electron chi connectivity index (χ3n) is 4.14. The Labute approximate surface area is 122 Å². The minimum atomic E-state index is 0.616. The van der Waals surface area contributed by atoms with Crippen LogP contribution in [0.5, 0.6) is 0 Å². The molecule has 19 heavy (non-hydrogen) atoms. The summed E-state index contributed by atoms with van der Waals surface area (Å²) in [6.07, 6.45) is 5.32. The second-order valence-corrected chi connectivity index (χ2v) is 7.15. The summed E-state index contributed by atoms with van der Waals surface area (Å²) in [5.41, 5.74) is 0. The van der Waals surface area contributed by atoms with Crippen molar-refractivity contribution >= 4 is 11.3 Å². The van der Waals surface area contributed by atoms with Gasteiger partial charge in [-0.2, -0.15) is 0 Å². The Kier molecular flexibility index (Phi) is 5.86.